The first-order chi connectivity index (χ1) is 8.28. The zero-order chi connectivity index (χ0) is 12.1. The van der Waals surface area contributed by atoms with Crippen molar-refractivity contribution in [2.45, 2.75) is 25.8 Å². The van der Waals surface area contributed by atoms with Gasteiger partial charge in [-0.05, 0) is 38.9 Å². The molecule has 4 heteroatoms. The quantitative estimate of drug-likeness (QED) is 0.817. The van der Waals surface area contributed by atoms with Gasteiger partial charge in [-0.3, -0.25) is 4.98 Å². The number of likely N-dealkylation sites (tertiary alicyclic amines) is 1. The van der Waals surface area contributed by atoms with Crippen molar-refractivity contribution in [3.63, 3.8) is 0 Å². The second-order valence-electron chi connectivity index (χ2n) is 4.77. The van der Waals surface area contributed by atoms with Crippen molar-refractivity contribution in [2.24, 2.45) is 0 Å². The van der Waals surface area contributed by atoms with E-state index in [0.29, 0.717) is 6.04 Å². The molecule has 1 aromatic heterocycles. The number of anilines is 2. The first-order valence-electron chi connectivity index (χ1n) is 6.39. The topological polar surface area (TPSA) is 40.2 Å². The SMILES string of the molecule is CNc1cncc(NC(C)CN2CCCC2)c1. The van der Waals surface area contributed by atoms with Gasteiger partial charge in [0.15, 0.2) is 0 Å². The van der Waals surface area contributed by atoms with Crippen LogP contribution in [-0.4, -0.2) is 42.6 Å². The molecule has 1 aliphatic rings. The van der Waals surface area contributed by atoms with Gasteiger partial charge in [-0.15, -0.1) is 0 Å². The molecule has 1 saturated heterocycles. The summed E-state index contributed by atoms with van der Waals surface area (Å²) in [5.74, 6) is 0. The van der Waals surface area contributed by atoms with Crippen LogP contribution in [0.5, 0.6) is 0 Å². The summed E-state index contributed by atoms with van der Waals surface area (Å²) in [6.07, 6.45) is 6.41. The first kappa shape index (κ1) is 12.2. The fourth-order valence-electron chi connectivity index (χ4n) is 2.34. The molecule has 4 nitrogen and oxygen atoms in total. The number of hydrogen-bond donors (Lipinski definition) is 2. The Balaban J connectivity index is 1.85. The Labute approximate surface area is 103 Å². The maximum atomic E-state index is 4.20. The van der Waals surface area contributed by atoms with Gasteiger partial charge in [0.2, 0.25) is 0 Å². The summed E-state index contributed by atoms with van der Waals surface area (Å²) >= 11 is 0. The number of pyridine rings is 1. The first-order valence-corrected chi connectivity index (χ1v) is 6.39. The van der Waals surface area contributed by atoms with Crippen LogP contribution in [0.3, 0.4) is 0 Å². The van der Waals surface area contributed by atoms with Gasteiger partial charge in [0, 0.05) is 19.6 Å². The molecule has 0 aromatic carbocycles. The average molecular weight is 234 g/mol. The predicted octanol–water partition coefficient (Wildman–Crippen LogP) is 2.02. The lowest BCUT2D eigenvalue weighted by Crippen LogP contribution is -2.32. The van der Waals surface area contributed by atoms with Crippen molar-refractivity contribution >= 4 is 11.4 Å². The van der Waals surface area contributed by atoms with E-state index in [2.05, 4.69) is 33.5 Å². The van der Waals surface area contributed by atoms with E-state index in [1.165, 1.54) is 25.9 Å². The molecule has 1 atom stereocenters. The minimum Gasteiger partial charge on any atom is -0.387 e. The zero-order valence-corrected chi connectivity index (χ0v) is 10.7. The highest BCUT2D eigenvalue weighted by molar-refractivity contribution is 5.53. The van der Waals surface area contributed by atoms with Gasteiger partial charge in [0.1, 0.15) is 0 Å². The van der Waals surface area contributed by atoms with E-state index < -0.39 is 0 Å². The van der Waals surface area contributed by atoms with E-state index in [4.69, 9.17) is 0 Å². The van der Waals surface area contributed by atoms with E-state index in [0.717, 1.165) is 17.9 Å². The van der Waals surface area contributed by atoms with Gasteiger partial charge >= 0.3 is 0 Å². The van der Waals surface area contributed by atoms with Crippen LogP contribution in [0, 0.1) is 0 Å². The van der Waals surface area contributed by atoms with Gasteiger partial charge < -0.3 is 15.5 Å². The summed E-state index contributed by atoms with van der Waals surface area (Å²) in [4.78, 5) is 6.72. The lowest BCUT2D eigenvalue weighted by atomic mass is 10.3. The standard InChI is InChI=1S/C13H22N4/c1-11(10-17-5-3-4-6-17)16-13-7-12(14-2)8-15-9-13/h7-9,11,14,16H,3-6,10H2,1-2H3. The molecule has 2 N–H and O–H groups in total. The van der Waals surface area contributed by atoms with Gasteiger partial charge in [0.05, 0.1) is 23.8 Å². The second-order valence-corrected chi connectivity index (χ2v) is 4.77. The minimum atomic E-state index is 0.460. The van der Waals surface area contributed by atoms with Crippen LogP contribution in [0.1, 0.15) is 19.8 Å². The summed E-state index contributed by atoms with van der Waals surface area (Å²) in [6.45, 7) is 5.84. The van der Waals surface area contributed by atoms with Crippen LogP contribution in [-0.2, 0) is 0 Å². The fraction of sp³-hybridized carbons (Fsp3) is 0.615. The van der Waals surface area contributed by atoms with E-state index in [1.54, 1.807) is 0 Å². The summed E-state index contributed by atoms with van der Waals surface area (Å²) in [6, 6.07) is 2.55. The van der Waals surface area contributed by atoms with Gasteiger partial charge in [-0.2, -0.15) is 0 Å². The van der Waals surface area contributed by atoms with E-state index in [-0.39, 0.29) is 0 Å². The summed E-state index contributed by atoms with van der Waals surface area (Å²) in [5.41, 5.74) is 2.13. The second kappa shape index (κ2) is 5.87. The van der Waals surface area contributed by atoms with Crippen LogP contribution >= 0.6 is 0 Å². The molecule has 1 aromatic rings. The molecule has 0 saturated carbocycles. The summed E-state index contributed by atoms with van der Waals surface area (Å²) in [7, 11) is 1.91. The van der Waals surface area contributed by atoms with Crippen LogP contribution < -0.4 is 10.6 Å². The highest BCUT2D eigenvalue weighted by Gasteiger charge is 2.14. The number of nitrogens with zero attached hydrogens (tertiary/aromatic N) is 2. The molecule has 1 fully saturated rings. The molecule has 1 aliphatic heterocycles. The van der Waals surface area contributed by atoms with E-state index in [1.807, 2.05) is 19.4 Å². The molecular weight excluding hydrogens is 212 g/mol. The minimum absolute atomic E-state index is 0.460. The Morgan fingerprint density at radius 2 is 2.00 bits per heavy atom. The molecule has 17 heavy (non-hydrogen) atoms. The van der Waals surface area contributed by atoms with E-state index in [9.17, 15) is 0 Å². The molecule has 2 rings (SSSR count). The molecule has 0 amide bonds. The van der Waals surface area contributed by atoms with Crippen molar-refractivity contribution in [1.29, 1.82) is 0 Å². The lowest BCUT2D eigenvalue weighted by Gasteiger charge is -2.22. The van der Waals surface area contributed by atoms with Crippen molar-refractivity contribution < 1.29 is 0 Å². The number of rotatable bonds is 5. The molecule has 0 aliphatic carbocycles. The highest BCUT2D eigenvalue weighted by Crippen LogP contribution is 2.14. The predicted molar refractivity (Wildman–Crippen MR) is 72.5 cm³/mol. The Bertz CT molecular complexity index is 347. The third-order valence-electron chi connectivity index (χ3n) is 3.17. The van der Waals surface area contributed by atoms with Gasteiger partial charge in [0.25, 0.3) is 0 Å². The Morgan fingerprint density at radius 3 is 2.71 bits per heavy atom. The van der Waals surface area contributed by atoms with Crippen LogP contribution in [0.15, 0.2) is 18.5 Å². The normalized spacial score (nSPS) is 18.0. The van der Waals surface area contributed by atoms with Gasteiger partial charge in [-0.25, -0.2) is 0 Å². The zero-order valence-electron chi connectivity index (χ0n) is 10.7. The third kappa shape index (κ3) is 3.60. The smallest absolute Gasteiger partial charge is 0.0549 e. The molecule has 0 radical (unpaired) electrons. The Hall–Kier alpha value is -1.29. The van der Waals surface area contributed by atoms with Crippen molar-refractivity contribution in [3.8, 4) is 0 Å². The summed E-state index contributed by atoms with van der Waals surface area (Å²) in [5, 5.41) is 6.60. The van der Waals surface area contributed by atoms with Crippen molar-refractivity contribution in [3.05, 3.63) is 18.5 Å². The number of aromatic nitrogens is 1. The number of nitrogens with one attached hydrogen (secondary N) is 2. The Morgan fingerprint density at radius 1 is 1.29 bits per heavy atom. The third-order valence-corrected chi connectivity index (χ3v) is 3.17. The number of hydrogen-bond acceptors (Lipinski definition) is 4. The largest absolute Gasteiger partial charge is 0.387 e. The average Bonchev–Trinajstić information content (AvgIpc) is 2.82. The monoisotopic (exact) mass is 234 g/mol. The van der Waals surface area contributed by atoms with Crippen molar-refractivity contribution in [2.75, 3.05) is 37.3 Å². The molecule has 94 valence electrons. The van der Waals surface area contributed by atoms with Crippen LogP contribution in [0.25, 0.3) is 0 Å². The Kier molecular flexibility index (Phi) is 4.20. The van der Waals surface area contributed by atoms with Crippen LogP contribution in [0.4, 0.5) is 11.4 Å². The van der Waals surface area contributed by atoms with Crippen molar-refractivity contribution in [1.82, 2.24) is 9.88 Å². The highest BCUT2D eigenvalue weighted by atomic mass is 15.2. The van der Waals surface area contributed by atoms with Crippen LogP contribution in [0.2, 0.25) is 0 Å². The molecule has 2 heterocycles. The fourth-order valence-corrected chi connectivity index (χ4v) is 2.34. The molecule has 0 bridgehead atoms. The summed E-state index contributed by atoms with van der Waals surface area (Å²) < 4.78 is 0. The lowest BCUT2D eigenvalue weighted by molar-refractivity contribution is 0.328. The maximum absolute atomic E-state index is 4.20. The molecule has 0 spiro atoms. The van der Waals surface area contributed by atoms with Gasteiger partial charge in [-0.1, -0.05) is 0 Å². The molecule has 1 unspecified atom stereocenters. The maximum Gasteiger partial charge on any atom is 0.0549 e. The molecular formula is C13H22N4. The van der Waals surface area contributed by atoms with E-state index >= 15 is 0 Å².